The zero-order valence-corrected chi connectivity index (χ0v) is 21.6. The molecule has 1 aromatic carbocycles. The minimum atomic E-state index is -2.04. The molecule has 2 heterocycles. The molecule has 0 aliphatic carbocycles. The number of methoxy groups -OCH3 is 1. The van der Waals surface area contributed by atoms with Gasteiger partial charge in [-0.2, -0.15) is 0 Å². The number of nitrogens with one attached hydrogen (secondary N) is 1. The summed E-state index contributed by atoms with van der Waals surface area (Å²) in [5.41, 5.74) is 0.937. The van der Waals surface area contributed by atoms with Crippen LogP contribution in [-0.4, -0.2) is 52.9 Å². The Bertz CT molecular complexity index is 752. The van der Waals surface area contributed by atoms with Gasteiger partial charge in [-0.1, -0.05) is 52.5 Å². The van der Waals surface area contributed by atoms with E-state index in [9.17, 15) is 0 Å². The maximum absolute atomic E-state index is 5.89. The van der Waals surface area contributed by atoms with E-state index < -0.39 is 7.36 Å². The Hall–Kier alpha value is -0.940. The number of hydrogen-bond acceptors (Lipinski definition) is 2. The second-order valence-corrected chi connectivity index (χ2v) is 13.9. The predicted molar refractivity (Wildman–Crippen MR) is 138 cm³/mol. The highest BCUT2D eigenvalue weighted by Crippen LogP contribution is 2.66. The lowest BCUT2D eigenvalue weighted by molar-refractivity contribution is 0.368. The van der Waals surface area contributed by atoms with E-state index in [0.29, 0.717) is 5.11 Å². The zero-order valence-electron chi connectivity index (χ0n) is 19.9. The fourth-order valence-electron chi connectivity index (χ4n) is 4.95. The van der Waals surface area contributed by atoms with Crippen molar-refractivity contribution >= 4 is 30.4 Å². The SMILES string of the molecule is COc1cccc(NC(=S)N=P(N2CCCCCC2)(N2CCCCCC2)C(C)(C)C)c1. The molecule has 3 rings (SSSR count). The molecule has 31 heavy (non-hydrogen) atoms. The van der Waals surface area contributed by atoms with E-state index in [2.05, 4.69) is 35.4 Å². The molecule has 0 spiro atoms. The molecule has 174 valence electrons. The molecule has 2 aliphatic heterocycles. The molecule has 0 radical (unpaired) electrons. The minimum Gasteiger partial charge on any atom is -0.497 e. The van der Waals surface area contributed by atoms with Gasteiger partial charge in [-0.25, -0.2) is 4.74 Å². The standard InChI is InChI=1S/C24H41N4OPS/c1-24(2,3)30(27-16-9-5-6-10-17-27,28-18-11-7-8-12-19-28)26-23(31)25-21-14-13-15-22(20-21)29-4/h13-15,20H,5-12,16-19H2,1-4H3,(H,25,31). The number of hydrogen-bond donors (Lipinski definition) is 1. The van der Waals surface area contributed by atoms with Crippen LogP contribution in [0.2, 0.25) is 0 Å². The number of anilines is 1. The second-order valence-electron chi connectivity index (χ2n) is 9.74. The number of rotatable bonds is 4. The summed E-state index contributed by atoms with van der Waals surface area (Å²) in [7, 11) is -0.350. The van der Waals surface area contributed by atoms with Crippen molar-refractivity contribution in [3.8, 4) is 5.75 Å². The monoisotopic (exact) mass is 464 g/mol. The third kappa shape index (κ3) is 6.10. The van der Waals surface area contributed by atoms with Crippen molar-refractivity contribution in [3.05, 3.63) is 24.3 Å². The van der Waals surface area contributed by atoms with Crippen molar-refractivity contribution in [3.63, 3.8) is 0 Å². The van der Waals surface area contributed by atoms with Gasteiger partial charge in [0.25, 0.3) is 0 Å². The Morgan fingerprint density at radius 2 is 1.45 bits per heavy atom. The summed E-state index contributed by atoms with van der Waals surface area (Å²) in [4.78, 5) is 0. The van der Waals surface area contributed by atoms with E-state index in [0.717, 1.165) is 37.6 Å². The van der Waals surface area contributed by atoms with Crippen LogP contribution in [0.5, 0.6) is 5.75 Å². The van der Waals surface area contributed by atoms with Crippen LogP contribution < -0.4 is 10.1 Å². The lowest BCUT2D eigenvalue weighted by Crippen LogP contribution is -2.42. The summed E-state index contributed by atoms with van der Waals surface area (Å²) in [5, 5.41) is 4.04. The summed E-state index contributed by atoms with van der Waals surface area (Å²) in [6, 6.07) is 7.95. The maximum atomic E-state index is 5.89. The van der Waals surface area contributed by atoms with Crippen molar-refractivity contribution in [1.29, 1.82) is 0 Å². The number of nitrogens with zero attached hydrogens (tertiary/aromatic N) is 3. The van der Waals surface area contributed by atoms with Gasteiger partial charge >= 0.3 is 0 Å². The molecule has 1 N–H and O–H groups in total. The normalized spacial score (nSPS) is 19.9. The molecule has 0 atom stereocenters. The van der Waals surface area contributed by atoms with Crippen LogP contribution in [-0.2, 0) is 0 Å². The van der Waals surface area contributed by atoms with Gasteiger partial charge in [-0.05, 0) is 50.0 Å². The summed E-state index contributed by atoms with van der Waals surface area (Å²) >= 11 is 5.89. The summed E-state index contributed by atoms with van der Waals surface area (Å²) in [5.74, 6) is 0.824. The smallest absolute Gasteiger partial charge is 0.198 e. The van der Waals surface area contributed by atoms with Crippen LogP contribution in [0.1, 0.15) is 72.1 Å². The van der Waals surface area contributed by atoms with Gasteiger partial charge in [-0.3, -0.25) is 9.34 Å². The Labute approximate surface area is 195 Å². The first-order chi connectivity index (χ1) is 14.9. The quantitative estimate of drug-likeness (QED) is 0.385. The van der Waals surface area contributed by atoms with Gasteiger partial charge in [0.2, 0.25) is 0 Å². The molecule has 0 amide bonds. The molecule has 2 fully saturated rings. The van der Waals surface area contributed by atoms with Crippen LogP contribution >= 0.6 is 19.6 Å². The first-order valence-electron chi connectivity index (χ1n) is 11.9. The van der Waals surface area contributed by atoms with E-state index in [1.807, 2.05) is 24.3 Å². The van der Waals surface area contributed by atoms with Crippen molar-refractivity contribution in [2.45, 2.75) is 77.3 Å². The lowest BCUT2D eigenvalue weighted by Gasteiger charge is -2.50. The molecule has 1 aromatic rings. The van der Waals surface area contributed by atoms with Crippen LogP contribution in [0.3, 0.4) is 0 Å². The van der Waals surface area contributed by atoms with E-state index in [4.69, 9.17) is 21.7 Å². The summed E-state index contributed by atoms with van der Waals surface area (Å²) in [6.45, 7) is 11.7. The molecular formula is C24H41N4OPS. The van der Waals surface area contributed by atoms with Crippen LogP contribution in [0.15, 0.2) is 29.0 Å². The average molecular weight is 465 g/mol. The Morgan fingerprint density at radius 3 is 1.90 bits per heavy atom. The van der Waals surface area contributed by atoms with E-state index in [1.54, 1.807) is 7.11 Å². The van der Waals surface area contributed by atoms with Crippen LogP contribution in [0.4, 0.5) is 5.69 Å². The van der Waals surface area contributed by atoms with Crippen LogP contribution in [0.25, 0.3) is 0 Å². The van der Waals surface area contributed by atoms with E-state index in [1.165, 1.54) is 51.4 Å². The third-order valence-corrected chi connectivity index (χ3v) is 11.4. The highest BCUT2D eigenvalue weighted by atomic mass is 32.1. The maximum Gasteiger partial charge on any atom is 0.198 e. The van der Waals surface area contributed by atoms with Gasteiger partial charge in [0.15, 0.2) is 5.11 Å². The fourth-order valence-corrected chi connectivity index (χ4v) is 10.00. The van der Waals surface area contributed by atoms with Gasteiger partial charge in [0.05, 0.1) is 7.11 Å². The van der Waals surface area contributed by atoms with E-state index in [-0.39, 0.29) is 5.16 Å². The molecule has 0 aromatic heterocycles. The Morgan fingerprint density at radius 1 is 0.935 bits per heavy atom. The second kappa shape index (κ2) is 11.3. The van der Waals surface area contributed by atoms with E-state index >= 15 is 0 Å². The first-order valence-corrected chi connectivity index (χ1v) is 14.0. The highest BCUT2D eigenvalue weighted by molar-refractivity contribution is 7.81. The molecule has 7 heteroatoms. The molecule has 5 nitrogen and oxygen atoms in total. The molecule has 2 aliphatic rings. The third-order valence-electron chi connectivity index (χ3n) is 6.40. The lowest BCUT2D eigenvalue weighted by atomic mass is 10.2. The van der Waals surface area contributed by atoms with Gasteiger partial charge in [-0.15, -0.1) is 0 Å². The molecular weight excluding hydrogens is 423 g/mol. The summed E-state index contributed by atoms with van der Waals surface area (Å²) < 4.78 is 16.4. The van der Waals surface area contributed by atoms with Gasteiger partial charge in [0.1, 0.15) is 13.1 Å². The molecule has 0 saturated carbocycles. The van der Waals surface area contributed by atoms with Crippen molar-refractivity contribution in [2.75, 3.05) is 38.6 Å². The molecule has 0 unspecified atom stereocenters. The first kappa shape index (κ1) is 24.7. The van der Waals surface area contributed by atoms with Gasteiger partial charge in [0, 0.05) is 43.1 Å². The van der Waals surface area contributed by atoms with Crippen LogP contribution in [0, 0.1) is 0 Å². The number of ether oxygens (including phenoxy) is 1. The largest absolute Gasteiger partial charge is 0.497 e. The van der Waals surface area contributed by atoms with Crippen molar-refractivity contribution in [2.24, 2.45) is 4.74 Å². The number of benzene rings is 1. The highest BCUT2D eigenvalue weighted by Gasteiger charge is 2.44. The van der Waals surface area contributed by atoms with Crippen molar-refractivity contribution < 1.29 is 4.74 Å². The average Bonchev–Trinajstić information content (AvgIpc) is 3.17. The topological polar surface area (TPSA) is 40.1 Å². The molecule has 2 saturated heterocycles. The van der Waals surface area contributed by atoms with Crippen molar-refractivity contribution in [1.82, 2.24) is 9.34 Å². The Balaban J connectivity index is 2.04. The summed E-state index contributed by atoms with van der Waals surface area (Å²) in [6.07, 6.45) is 10.4. The zero-order chi connectivity index (χ0) is 22.3. The Kier molecular flexibility index (Phi) is 8.98. The predicted octanol–water partition coefficient (Wildman–Crippen LogP) is 6.97. The number of thiocarbonyl (C=S) groups is 1. The minimum absolute atomic E-state index is 0.0296. The fraction of sp³-hybridized carbons (Fsp3) is 0.708. The van der Waals surface area contributed by atoms with Gasteiger partial charge < -0.3 is 10.1 Å². The molecule has 0 bridgehead atoms.